The molecule has 0 bridgehead atoms. The first-order valence-corrected chi connectivity index (χ1v) is 16.7. The number of rotatable bonds is 3. The number of benzene rings is 3. The van der Waals surface area contributed by atoms with E-state index in [0.717, 1.165) is 45.5 Å². The van der Waals surface area contributed by atoms with Gasteiger partial charge in [-0.3, -0.25) is 20.3 Å². The highest BCUT2D eigenvalue weighted by Gasteiger charge is 2.06. The Labute approximate surface area is 399 Å². The van der Waals surface area contributed by atoms with Gasteiger partial charge in [-0.25, -0.2) is 19.9 Å². The monoisotopic (exact) mass is 995 g/mol. The summed E-state index contributed by atoms with van der Waals surface area (Å²) >= 11 is 16.4. The number of para-hydroxylation sites is 2. The number of nitrogens with one attached hydrogen (secondary N) is 7. The number of halogens is 3. The van der Waals surface area contributed by atoms with Crippen LogP contribution in [0.25, 0.3) is 33.0 Å². The Bertz CT molecular complexity index is 2630. The van der Waals surface area contributed by atoms with Gasteiger partial charge in [0, 0.05) is 22.5 Å². The van der Waals surface area contributed by atoms with Gasteiger partial charge in [-0.1, -0.05) is 116 Å². The number of imidazole rings is 2. The van der Waals surface area contributed by atoms with Crippen LogP contribution in [0.3, 0.4) is 0 Å². The van der Waals surface area contributed by atoms with Crippen LogP contribution in [0.4, 0.5) is 17.5 Å². The van der Waals surface area contributed by atoms with Crippen LogP contribution in [0.1, 0.15) is 59.4 Å². The van der Waals surface area contributed by atoms with Gasteiger partial charge in [0.1, 0.15) is 46.1 Å². The van der Waals surface area contributed by atoms with E-state index in [-0.39, 0.29) is 76.9 Å². The largest absolute Gasteiger partial charge is 0.453 e. The number of nitrogens with zero attached hydrogens (tertiary/aromatic N) is 14. The molecule has 0 aliphatic heterocycles. The lowest BCUT2D eigenvalue weighted by Crippen LogP contribution is -1.88. The third-order valence-corrected chi connectivity index (χ3v) is 7.18. The van der Waals surface area contributed by atoms with Crippen LogP contribution in [0, 0.1) is 30.3 Å². The van der Waals surface area contributed by atoms with Crippen molar-refractivity contribution in [2.45, 2.75) is 59.4 Å². The highest BCUT2D eigenvalue weighted by Crippen LogP contribution is 2.18. The summed E-state index contributed by atoms with van der Waals surface area (Å²) in [6, 6.07) is 17.6. The Morgan fingerprint density at radius 1 is 0.537 bits per heavy atom. The van der Waals surface area contributed by atoms with E-state index in [9.17, 15) is 30.3 Å². The van der Waals surface area contributed by atoms with Gasteiger partial charge in [-0.15, -0.1) is 5.10 Å². The second-order valence-corrected chi connectivity index (χ2v) is 11.3. The van der Waals surface area contributed by atoms with Crippen molar-refractivity contribution >= 4 is 85.2 Å². The molecule has 0 aliphatic carbocycles. The smallest absolute Gasteiger partial charge is 0.390 e. The summed E-state index contributed by atoms with van der Waals surface area (Å²) in [4.78, 5) is 47.0. The van der Waals surface area contributed by atoms with Crippen LogP contribution in [0.15, 0.2) is 105 Å². The van der Waals surface area contributed by atoms with Crippen LogP contribution in [-0.2, 0) is 0 Å². The van der Waals surface area contributed by atoms with E-state index in [2.05, 4.69) is 91.3 Å². The normalized spacial score (nSPS) is 8.52. The van der Waals surface area contributed by atoms with Crippen molar-refractivity contribution in [3.05, 3.63) is 150 Å². The number of hydrogen-bond acceptors (Lipinski definition) is 17. The Hall–Kier alpha value is -8.30. The zero-order valence-corrected chi connectivity index (χ0v) is 31.4. The Kier molecular flexibility index (Phi) is 36.5. The van der Waals surface area contributed by atoms with Crippen molar-refractivity contribution in [3.63, 3.8) is 0 Å². The number of fused-ring (bicyclic) bond motifs is 3. The molecule has 0 radical (unpaired) electrons. The first-order chi connectivity index (χ1) is 28.5. The number of non-ortho nitro benzene ring substituents is 1. The highest BCUT2D eigenvalue weighted by molar-refractivity contribution is 6.40. The molecule has 10 aromatic rings. The topological polar surface area (TPSA) is 382 Å². The summed E-state index contributed by atoms with van der Waals surface area (Å²) in [7, 11) is 0. The molecule has 10 rings (SSSR count). The SMILES string of the molecule is C.C.C.C.C.C.C.C.Clc1ccc2n[nH]nc2c1.Clc1nc[nH]c1Cl.O=[N+]([O-])c1ccc2[nH]ncc2c1.O=[N+]([O-])c1cnc[nH]1.O=[N+]([O-])c1ncn[nH]1.c1ccc2n[nH]nc2c1.c1nc[nH]n1. The van der Waals surface area contributed by atoms with Gasteiger partial charge in [-0.05, 0) is 46.2 Å². The third-order valence-electron chi connectivity index (χ3n) is 6.27. The van der Waals surface area contributed by atoms with Crippen LogP contribution < -0.4 is 0 Å². The van der Waals surface area contributed by atoms with E-state index in [0.29, 0.717) is 15.3 Å². The molecule has 30 heteroatoms. The number of hydrogen-bond donors (Lipinski definition) is 7. The van der Waals surface area contributed by atoms with Crippen LogP contribution in [-0.4, -0.2) is 106 Å². The average molecular weight is 997 g/mol. The third kappa shape index (κ3) is 23.3. The molecule has 7 N–H and O–H groups in total. The van der Waals surface area contributed by atoms with Gasteiger partial charge in [0.2, 0.25) is 6.33 Å². The van der Waals surface area contributed by atoms with Crippen molar-refractivity contribution < 1.29 is 14.8 Å². The predicted molar refractivity (Wildman–Crippen MR) is 263 cm³/mol. The number of aromatic nitrogens is 18. The Morgan fingerprint density at radius 2 is 1.16 bits per heavy atom. The van der Waals surface area contributed by atoms with Crippen molar-refractivity contribution in [2.24, 2.45) is 0 Å². The summed E-state index contributed by atoms with van der Waals surface area (Å²) in [6.45, 7) is 0. The lowest BCUT2D eigenvalue weighted by Gasteiger charge is -1.89. The predicted octanol–water partition coefficient (Wildman–Crippen LogP) is 10.7. The first kappa shape index (κ1) is 67.8. The van der Waals surface area contributed by atoms with E-state index in [1.807, 2.05) is 30.3 Å². The summed E-state index contributed by atoms with van der Waals surface area (Å²) in [5.41, 5.74) is 4.36. The molecule has 27 nitrogen and oxygen atoms in total. The quantitative estimate of drug-likeness (QED) is 0.0638. The van der Waals surface area contributed by atoms with Crippen molar-refractivity contribution in [1.82, 2.24) is 91.3 Å². The molecule has 0 amide bonds. The summed E-state index contributed by atoms with van der Waals surface area (Å²) < 4.78 is 0. The van der Waals surface area contributed by atoms with Gasteiger partial charge in [0.05, 0.1) is 23.0 Å². The Morgan fingerprint density at radius 3 is 1.57 bits per heavy atom. The minimum absolute atomic E-state index is 0. The van der Waals surface area contributed by atoms with Gasteiger partial charge in [0.15, 0.2) is 11.5 Å². The van der Waals surface area contributed by atoms with E-state index in [4.69, 9.17) is 34.8 Å². The zero-order chi connectivity index (χ0) is 42.4. The molecule has 67 heavy (non-hydrogen) atoms. The molecule has 3 aromatic carbocycles. The van der Waals surface area contributed by atoms with Gasteiger partial charge < -0.3 is 25.2 Å². The highest BCUT2D eigenvalue weighted by atomic mass is 35.5. The van der Waals surface area contributed by atoms with E-state index in [1.165, 1.54) is 37.4 Å². The molecule has 0 atom stereocenters. The van der Waals surface area contributed by atoms with Crippen molar-refractivity contribution in [2.75, 3.05) is 0 Å². The summed E-state index contributed by atoms with van der Waals surface area (Å²) in [5, 5.41) is 70.3. The summed E-state index contributed by atoms with van der Waals surface area (Å²) in [5.74, 6) is -0.407. The molecule has 366 valence electrons. The van der Waals surface area contributed by atoms with Gasteiger partial charge in [0.25, 0.3) is 5.69 Å². The maximum absolute atomic E-state index is 10.3. The fraction of sp³-hybridized carbons (Fsp3) is 0.216. The van der Waals surface area contributed by atoms with Crippen LogP contribution >= 0.6 is 34.8 Å². The molecule has 0 spiro atoms. The van der Waals surface area contributed by atoms with E-state index < -0.39 is 14.8 Å². The average Bonchev–Trinajstić information content (AvgIpc) is 4.08. The summed E-state index contributed by atoms with van der Waals surface area (Å²) in [6.07, 6.45) is 9.45. The molecule has 0 saturated carbocycles. The van der Waals surface area contributed by atoms with Crippen molar-refractivity contribution in [3.8, 4) is 0 Å². The molecule has 7 aromatic heterocycles. The molecule has 0 fully saturated rings. The van der Waals surface area contributed by atoms with Crippen molar-refractivity contribution in [1.29, 1.82) is 0 Å². The zero-order valence-electron chi connectivity index (χ0n) is 29.2. The first-order valence-electron chi connectivity index (χ1n) is 15.6. The fourth-order valence-corrected chi connectivity index (χ4v) is 4.07. The van der Waals surface area contributed by atoms with Crippen LogP contribution in [0.2, 0.25) is 15.3 Å². The van der Waals surface area contributed by atoms with Crippen LogP contribution in [0.5, 0.6) is 0 Å². The maximum Gasteiger partial charge on any atom is 0.453 e. The van der Waals surface area contributed by atoms with Gasteiger partial charge in [-0.2, -0.15) is 41.0 Å². The number of nitro benzene ring substituents is 1. The maximum atomic E-state index is 10.3. The molecule has 7 heterocycles. The lowest BCUT2D eigenvalue weighted by molar-refractivity contribution is -0.394. The number of aromatic amines is 7. The second-order valence-electron chi connectivity index (χ2n) is 10.1. The molecular weight excluding hydrogens is 941 g/mol. The fourth-order valence-electron chi connectivity index (χ4n) is 3.71. The minimum atomic E-state index is -0.646. The number of nitro groups is 3. The van der Waals surface area contributed by atoms with E-state index in [1.54, 1.807) is 24.4 Å². The minimum Gasteiger partial charge on any atom is -0.390 e. The standard InChI is InChI=1S/C7H5N3O2.C6H4ClN3.C6H5N3.C3H2Cl2N2.C3H3N3O2.C2H2N4O2.C2H3N3.8CH4/c11-10(12)6-1-2-7-5(3-6)4-8-9-7;7-4-1-2-5-6(3-4)9-10-8-5;1-2-4-6-5(3-1)7-9-8-6;4-2-3(5)7-1-6-2;7-6(8)3-1-4-2-5-3;7-6(8)2-3-1-4-5-2;1-3-2-5-4-1;;;;;;;;/h1-4H,(H,8,9);1-3H,(H,8,9,10);1-4H,(H,7,8,9);1H,(H,6,7);1-2H,(H,4,5);1H,(H,3,4,5);1-2H,(H,3,4,5);8*1H4. The molecule has 0 aliphatic rings. The molecular formula is C37H56Cl3N21O6. The molecule has 0 saturated heterocycles. The second kappa shape index (κ2) is 36.1. The molecule has 0 unspecified atom stereocenters. The Balaban J connectivity index is -0.000000221. The van der Waals surface area contributed by atoms with E-state index >= 15 is 0 Å². The lowest BCUT2D eigenvalue weighted by atomic mass is 10.2. The number of H-pyrrole nitrogens is 7. The van der Waals surface area contributed by atoms with Gasteiger partial charge >= 0.3 is 11.8 Å².